The predicted molar refractivity (Wildman–Crippen MR) is 112 cm³/mol. The summed E-state index contributed by atoms with van der Waals surface area (Å²) < 4.78 is 28.9. The average molecular weight is 417 g/mol. The number of benzene rings is 1. The van der Waals surface area contributed by atoms with Gasteiger partial charge in [0, 0.05) is 36.0 Å². The number of rotatable bonds is 7. The largest absolute Gasteiger partial charge is 0.383 e. The highest BCUT2D eigenvalue weighted by Crippen LogP contribution is 2.34. The highest BCUT2D eigenvalue weighted by Gasteiger charge is 2.30. The summed E-state index contributed by atoms with van der Waals surface area (Å²) in [6.45, 7) is 3.64. The fraction of sp³-hybridized carbons (Fsp3) is 0.333. The molecular weight excluding hydrogens is 392 g/mol. The number of anilines is 1. The third-order valence-electron chi connectivity index (χ3n) is 4.49. The number of aromatic nitrogens is 1. The second-order valence-electron chi connectivity index (χ2n) is 7.16. The molecule has 154 valence electrons. The molecule has 0 aliphatic carbocycles. The maximum atomic E-state index is 13.1. The molecule has 0 spiro atoms. The second kappa shape index (κ2) is 7.95. The second-order valence-corrected chi connectivity index (χ2v) is 8.81. The molecule has 3 rings (SSSR count). The lowest BCUT2D eigenvalue weighted by Gasteiger charge is -2.25. The number of azo groups is 1. The lowest BCUT2D eigenvalue weighted by atomic mass is 9.94. The lowest BCUT2D eigenvalue weighted by molar-refractivity contribution is 0.462. The van der Waals surface area contributed by atoms with Crippen molar-refractivity contribution >= 4 is 21.7 Å². The van der Waals surface area contributed by atoms with Crippen LogP contribution in [0.3, 0.4) is 0 Å². The third kappa shape index (κ3) is 4.17. The number of aliphatic imine (C=N–C) groups is 1. The molecule has 1 aliphatic heterocycles. The van der Waals surface area contributed by atoms with Crippen molar-refractivity contribution in [1.29, 1.82) is 0 Å². The quantitative estimate of drug-likeness (QED) is 0.523. The molecule has 0 saturated heterocycles. The standard InChI is InChI=1S/C18H24N8O2S/c1-18(2,9-20)26-29(27,28)14-6-5-11(12-4-3-7-22-16(12)21)15(13(14)8-19)17-23-10-24-25-17/h3-7,26H,8-10,19-20H2,1-2H3,(H2,21,22). The maximum Gasteiger partial charge on any atom is 0.241 e. The van der Waals surface area contributed by atoms with E-state index in [1.807, 2.05) is 0 Å². The summed E-state index contributed by atoms with van der Waals surface area (Å²) in [5.41, 5.74) is 19.0. The summed E-state index contributed by atoms with van der Waals surface area (Å²) in [6.07, 6.45) is 1.58. The number of hydrogen-bond donors (Lipinski definition) is 4. The Kier molecular flexibility index (Phi) is 5.75. The van der Waals surface area contributed by atoms with Gasteiger partial charge in [-0.05, 0) is 43.2 Å². The van der Waals surface area contributed by atoms with Gasteiger partial charge in [-0.3, -0.25) is 0 Å². The van der Waals surface area contributed by atoms with Gasteiger partial charge in [-0.1, -0.05) is 6.07 Å². The number of pyridine rings is 1. The molecule has 1 aliphatic rings. The van der Waals surface area contributed by atoms with Gasteiger partial charge in [-0.25, -0.2) is 23.1 Å². The van der Waals surface area contributed by atoms with Crippen molar-refractivity contribution in [3.63, 3.8) is 0 Å². The van der Waals surface area contributed by atoms with Crippen LogP contribution >= 0.6 is 0 Å². The first-order valence-electron chi connectivity index (χ1n) is 8.93. The molecule has 0 atom stereocenters. The molecule has 0 radical (unpaired) electrons. The molecule has 2 heterocycles. The van der Waals surface area contributed by atoms with E-state index in [1.54, 1.807) is 38.2 Å². The van der Waals surface area contributed by atoms with E-state index < -0.39 is 15.6 Å². The molecule has 7 N–H and O–H groups in total. The number of nitrogens with one attached hydrogen (secondary N) is 1. The van der Waals surface area contributed by atoms with Crippen molar-refractivity contribution < 1.29 is 8.42 Å². The Bertz CT molecular complexity index is 1090. The van der Waals surface area contributed by atoms with E-state index >= 15 is 0 Å². The van der Waals surface area contributed by atoms with Gasteiger partial charge in [0.2, 0.25) is 10.0 Å². The zero-order valence-corrected chi connectivity index (χ0v) is 17.1. The lowest BCUT2D eigenvalue weighted by Crippen LogP contribution is -2.48. The summed E-state index contributed by atoms with van der Waals surface area (Å²) in [7, 11) is -3.92. The molecule has 0 unspecified atom stereocenters. The minimum absolute atomic E-state index is 0.0348. The Labute approximate surface area is 169 Å². The minimum atomic E-state index is -3.92. The molecule has 11 heteroatoms. The van der Waals surface area contributed by atoms with E-state index in [2.05, 4.69) is 24.9 Å². The number of sulfonamides is 1. The number of nitrogens with two attached hydrogens (primary N) is 3. The first-order valence-corrected chi connectivity index (χ1v) is 10.4. The van der Waals surface area contributed by atoms with Crippen molar-refractivity contribution in [2.45, 2.75) is 30.8 Å². The first-order chi connectivity index (χ1) is 13.7. The smallest absolute Gasteiger partial charge is 0.241 e. The summed E-state index contributed by atoms with van der Waals surface area (Å²) in [5.74, 6) is 0.601. The summed E-state index contributed by atoms with van der Waals surface area (Å²) in [4.78, 5) is 8.43. The molecule has 2 aromatic rings. The molecule has 10 nitrogen and oxygen atoms in total. The van der Waals surface area contributed by atoms with Gasteiger partial charge in [0.25, 0.3) is 0 Å². The Morgan fingerprint density at radius 2 is 1.93 bits per heavy atom. The van der Waals surface area contributed by atoms with Gasteiger partial charge in [0.05, 0.1) is 4.90 Å². The van der Waals surface area contributed by atoms with Crippen molar-refractivity contribution in [2.75, 3.05) is 18.9 Å². The molecule has 0 amide bonds. The topological polar surface area (TPSA) is 174 Å². The van der Waals surface area contributed by atoms with Crippen LogP contribution in [0.5, 0.6) is 0 Å². The average Bonchev–Trinajstić information content (AvgIpc) is 3.21. The SMILES string of the molecule is CC(C)(CN)NS(=O)(=O)c1ccc(-c2cccnc2N)c(C2=NCN=N2)c1CN. The van der Waals surface area contributed by atoms with Gasteiger partial charge in [0.15, 0.2) is 12.5 Å². The number of nitrogens with zero attached hydrogens (tertiary/aromatic N) is 4. The molecule has 1 aromatic carbocycles. The van der Waals surface area contributed by atoms with Crippen LogP contribution in [0.15, 0.2) is 50.6 Å². The fourth-order valence-corrected chi connectivity index (χ4v) is 4.70. The van der Waals surface area contributed by atoms with Crippen LogP contribution in [0.2, 0.25) is 0 Å². The maximum absolute atomic E-state index is 13.1. The van der Waals surface area contributed by atoms with Gasteiger partial charge in [-0.2, -0.15) is 5.11 Å². The monoisotopic (exact) mass is 416 g/mol. The van der Waals surface area contributed by atoms with E-state index in [1.165, 1.54) is 6.07 Å². The molecule has 0 saturated carbocycles. The Hall–Kier alpha value is -2.73. The van der Waals surface area contributed by atoms with Crippen LogP contribution < -0.4 is 21.9 Å². The van der Waals surface area contributed by atoms with Crippen molar-refractivity contribution in [3.8, 4) is 11.1 Å². The van der Waals surface area contributed by atoms with Crippen LogP contribution in [0.1, 0.15) is 25.0 Å². The highest BCUT2D eigenvalue weighted by atomic mass is 32.2. The van der Waals surface area contributed by atoms with Crippen molar-refractivity contribution in [1.82, 2.24) is 9.71 Å². The van der Waals surface area contributed by atoms with Gasteiger partial charge >= 0.3 is 0 Å². The molecule has 0 bridgehead atoms. The highest BCUT2D eigenvalue weighted by molar-refractivity contribution is 7.89. The summed E-state index contributed by atoms with van der Waals surface area (Å²) >= 11 is 0. The first kappa shape index (κ1) is 21.0. The van der Waals surface area contributed by atoms with Crippen molar-refractivity contribution in [3.05, 3.63) is 41.6 Å². The molecular formula is C18H24N8O2S. The zero-order chi connectivity index (χ0) is 21.2. The normalized spacial score (nSPS) is 14.3. The summed E-state index contributed by atoms with van der Waals surface area (Å²) in [5, 5.41) is 7.96. The van der Waals surface area contributed by atoms with E-state index in [0.717, 1.165) is 0 Å². The molecule has 0 fully saturated rings. The predicted octanol–water partition coefficient (Wildman–Crippen LogP) is 0.975. The van der Waals surface area contributed by atoms with E-state index in [4.69, 9.17) is 17.2 Å². The number of nitrogen functional groups attached to an aromatic ring is 1. The molecule has 1 aromatic heterocycles. The van der Waals surface area contributed by atoms with Gasteiger partial charge in [0.1, 0.15) is 5.82 Å². The Morgan fingerprint density at radius 3 is 2.52 bits per heavy atom. The number of amidine groups is 1. The third-order valence-corrected chi connectivity index (χ3v) is 6.27. The van der Waals surface area contributed by atoms with Crippen LogP contribution in [-0.4, -0.2) is 38.0 Å². The molecule has 29 heavy (non-hydrogen) atoms. The van der Waals surface area contributed by atoms with E-state index in [0.29, 0.717) is 33.9 Å². The minimum Gasteiger partial charge on any atom is -0.383 e. The van der Waals surface area contributed by atoms with E-state index in [9.17, 15) is 8.42 Å². The van der Waals surface area contributed by atoms with Crippen LogP contribution in [0.25, 0.3) is 11.1 Å². The van der Waals surface area contributed by atoms with Crippen molar-refractivity contribution in [2.24, 2.45) is 26.7 Å². The Balaban J connectivity index is 2.28. The summed E-state index contributed by atoms with van der Waals surface area (Å²) in [6, 6.07) is 6.68. The van der Waals surface area contributed by atoms with Gasteiger partial charge in [-0.15, -0.1) is 5.11 Å². The van der Waals surface area contributed by atoms with Gasteiger partial charge < -0.3 is 17.2 Å². The van der Waals surface area contributed by atoms with E-state index in [-0.39, 0.29) is 24.7 Å². The number of hydrogen-bond acceptors (Lipinski definition) is 9. The zero-order valence-electron chi connectivity index (χ0n) is 16.3. The van der Waals surface area contributed by atoms with Crippen LogP contribution in [-0.2, 0) is 16.6 Å². The van der Waals surface area contributed by atoms with Crippen LogP contribution in [0, 0.1) is 0 Å². The van der Waals surface area contributed by atoms with Crippen LogP contribution in [0.4, 0.5) is 5.82 Å². The Morgan fingerprint density at radius 1 is 1.17 bits per heavy atom. The fourth-order valence-electron chi connectivity index (χ4n) is 3.03.